The van der Waals surface area contributed by atoms with Crippen molar-refractivity contribution >= 4 is 17.9 Å². The number of allylic oxidation sites excluding steroid dienone is 19. The maximum absolute atomic E-state index is 12.7. The number of unbranched alkanes of at least 4 members (excludes halogenated alkanes) is 13. The van der Waals surface area contributed by atoms with Gasteiger partial charge >= 0.3 is 17.9 Å². The number of hydrogen-bond acceptors (Lipinski definition) is 6. The molecular formula is C53H82O6. The Morgan fingerprint density at radius 2 is 0.797 bits per heavy atom. The van der Waals surface area contributed by atoms with E-state index in [9.17, 15) is 14.4 Å². The van der Waals surface area contributed by atoms with Gasteiger partial charge in [-0.3, -0.25) is 14.4 Å². The lowest BCUT2D eigenvalue weighted by Crippen LogP contribution is -2.30. The first-order chi connectivity index (χ1) is 29.0. The zero-order valence-corrected chi connectivity index (χ0v) is 37.5. The molecule has 0 rings (SSSR count). The summed E-state index contributed by atoms with van der Waals surface area (Å²) in [5, 5.41) is 0. The Morgan fingerprint density at radius 3 is 1.34 bits per heavy atom. The smallest absolute Gasteiger partial charge is 0.309 e. The van der Waals surface area contributed by atoms with Gasteiger partial charge in [0.05, 0.1) is 6.42 Å². The Labute approximate surface area is 361 Å². The van der Waals surface area contributed by atoms with Crippen LogP contribution in [-0.4, -0.2) is 37.2 Å². The minimum atomic E-state index is -0.830. The highest BCUT2D eigenvalue weighted by Crippen LogP contribution is 2.12. The largest absolute Gasteiger partial charge is 0.462 e. The third kappa shape index (κ3) is 44.8. The van der Waals surface area contributed by atoms with Crippen molar-refractivity contribution in [3.63, 3.8) is 0 Å². The maximum Gasteiger partial charge on any atom is 0.309 e. The fourth-order valence-corrected chi connectivity index (χ4v) is 5.69. The van der Waals surface area contributed by atoms with Gasteiger partial charge in [0.15, 0.2) is 6.10 Å². The minimum Gasteiger partial charge on any atom is -0.462 e. The van der Waals surface area contributed by atoms with Crippen molar-refractivity contribution < 1.29 is 28.6 Å². The first-order valence-electron chi connectivity index (χ1n) is 23.1. The van der Waals surface area contributed by atoms with E-state index in [1.165, 1.54) is 25.7 Å². The lowest BCUT2D eigenvalue weighted by Gasteiger charge is -2.18. The van der Waals surface area contributed by atoms with Crippen molar-refractivity contribution in [3.05, 3.63) is 122 Å². The topological polar surface area (TPSA) is 78.9 Å². The van der Waals surface area contributed by atoms with Crippen LogP contribution in [0.4, 0.5) is 0 Å². The summed E-state index contributed by atoms with van der Waals surface area (Å²) in [6, 6.07) is 0. The summed E-state index contributed by atoms with van der Waals surface area (Å²) < 4.78 is 16.6. The van der Waals surface area contributed by atoms with Gasteiger partial charge in [-0.05, 0) is 77.0 Å². The molecule has 0 aliphatic heterocycles. The maximum atomic E-state index is 12.7. The van der Waals surface area contributed by atoms with E-state index in [2.05, 4.69) is 93.7 Å². The van der Waals surface area contributed by atoms with Gasteiger partial charge in [0.25, 0.3) is 0 Å². The molecule has 0 aliphatic rings. The van der Waals surface area contributed by atoms with Crippen LogP contribution in [0.1, 0.15) is 175 Å². The third-order valence-electron chi connectivity index (χ3n) is 9.07. The normalized spacial score (nSPS) is 13.2. The number of hydrogen-bond donors (Lipinski definition) is 0. The molecule has 0 amide bonds. The van der Waals surface area contributed by atoms with Crippen LogP contribution in [0.2, 0.25) is 0 Å². The molecule has 0 heterocycles. The summed E-state index contributed by atoms with van der Waals surface area (Å²) in [7, 11) is 0. The highest BCUT2D eigenvalue weighted by atomic mass is 16.6. The molecule has 0 saturated heterocycles. The number of carbonyl (C=O) groups is 3. The van der Waals surface area contributed by atoms with Crippen molar-refractivity contribution in [2.24, 2.45) is 0 Å². The summed E-state index contributed by atoms with van der Waals surface area (Å²) in [6.07, 6.45) is 63.5. The summed E-state index contributed by atoms with van der Waals surface area (Å²) in [5.41, 5.74) is 0. The van der Waals surface area contributed by atoms with Gasteiger partial charge < -0.3 is 14.2 Å². The summed E-state index contributed by atoms with van der Waals surface area (Å²) in [4.78, 5) is 37.7. The van der Waals surface area contributed by atoms with Crippen molar-refractivity contribution in [2.45, 2.75) is 181 Å². The number of carbonyl (C=O) groups excluding carboxylic acids is 3. The molecule has 0 aromatic heterocycles. The number of esters is 3. The molecule has 0 saturated carbocycles. The molecule has 1 atom stereocenters. The second-order valence-electron chi connectivity index (χ2n) is 14.7. The first kappa shape index (κ1) is 54.8. The first-order valence-corrected chi connectivity index (χ1v) is 23.1. The lowest BCUT2D eigenvalue weighted by atomic mass is 10.1. The summed E-state index contributed by atoms with van der Waals surface area (Å²) in [5.74, 6) is -1.10. The van der Waals surface area contributed by atoms with Gasteiger partial charge in [-0.1, -0.05) is 200 Å². The van der Waals surface area contributed by atoms with Gasteiger partial charge in [0.1, 0.15) is 13.2 Å². The second kappa shape index (κ2) is 46.5. The highest BCUT2D eigenvalue weighted by Gasteiger charge is 2.19. The van der Waals surface area contributed by atoms with Crippen molar-refractivity contribution in [3.8, 4) is 0 Å². The van der Waals surface area contributed by atoms with E-state index in [1.807, 2.05) is 42.5 Å². The lowest BCUT2D eigenvalue weighted by molar-refractivity contribution is -0.166. The van der Waals surface area contributed by atoms with Crippen LogP contribution in [0, 0.1) is 0 Å². The van der Waals surface area contributed by atoms with Gasteiger partial charge in [-0.15, -0.1) is 0 Å². The molecule has 0 aromatic rings. The fraction of sp³-hybridized carbons (Fsp3) is 0.566. The molecule has 6 nitrogen and oxygen atoms in total. The van der Waals surface area contributed by atoms with Crippen LogP contribution in [0.15, 0.2) is 122 Å². The molecule has 0 bridgehead atoms. The molecule has 1 unspecified atom stereocenters. The van der Waals surface area contributed by atoms with Gasteiger partial charge in [-0.25, -0.2) is 0 Å². The Hall–Kier alpha value is -4.19. The molecule has 0 aliphatic carbocycles. The number of ether oxygens (including phenoxy) is 3. The fourth-order valence-electron chi connectivity index (χ4n) is 5.69. The zero-order valence-electron chi connectivity index (χ0n) is 37.5. The predicted octanol–water partition coefficient (Wildman–Crippen LogP) is 15.0. The molecule has 0 spiro atoms. The van der Waals surface area contributed by atoms with Crippen molar-refractivity contribution in [1.82, 2.24) is 0 Å². The molecular weight excluding hydrogens is 733 g/mol. The SMILES string of the molecule is CC/C=C\C/C=C\C/C=C\CC(=O)OCC(COC(=O)CCCCCCC\C=C/C=C\C=C/C=C\C=C/CCC)OC(=O)CCCCCCCCC/C=C\C/C=C\CC. The standard InChI is InChI=1S/C53H82O6/c1-4-7-10-13-16-19-21-23-25-26-27-28-30-31-34-37-40-43-46-52(55)58-49-50(48-57-51(54)45-42-39-36-33-18-15-12-9-6-3)59-53(56)47-44-41-38-35-32-29-24-22-20-17-14-11-8-5-2/h8-13,16-21,23,25-28,33,39,42,50H,4-7,14-15,22,24,29-32,34-38,40-41,43-49H2,1-3H3/b11-8-,12-9-,13-10-,19-16-,20-17-,23-21-,26-25-,28-27-,33-18-,42-39-. The van der Waals surface area contributed by atoms with Crippen LogP contribution in [0.3, 0.4) is 0 Å². The molecule has 0 aromatic carbocycles. The van der Waals surface area contributed by atoms with Gasteiger partial charge in [-0.2, -0.15) is 0 Å². The molecule has 59 heavy (non-hydrogen) atoms. The Morgan fingerprint density at radius 1 is 0.390 bits per heavy atom. The quantitative estimate of drug-likeness (QED) is 0.0202. The Balaban J connectivity index is 4.50. The van der Waals surface area contributed by atoms with Crippen LogP contribution < -0.4 is 0 Å². The van der Waals surface area contributed by atoms with Crippen LogP contribution in [0.25, 0.3) is 0 Å². The van der Waals surface area contributed by atoms with E-state index >= 15 is 0 Å². The van der Waals surface area contributed by atoms with Crippen molar-refractivity contribution in [1.29, 1.82) is 0 Å². The predicted molar refractivity (Wildman–Crippen MR) is 251 cm³/mol. The summed E-state index contributed by atoms with van der Waals surface area (Å²) >= 11 is 0. The van der Waals surface area contributed by atoms with Crippen LogP contribution >= 0.6 is 0 Å². The third-order valence-corrected chi connectivity index (χ3v) is 9.07. The zero-order chi connectivity index (χ0) is 43.0. The van der Waals surface area contributed by atoms with E-state index in [0.717, 1.165) is 109 Å². The highest BCUT2D eigenvalue weighted by molar-refractivity contribution is 5.72. The number of rotatable bonds is 39. The van der Waals surface area contributed by atoms with E-state index in [1.54, 1.807) is 6.08 Å². The van der Waals surface area contributed by atoms with E-state index < -0.39 is 12.1 Å². The monoisotopic (exact) mass is 815 g/mol. The second-order valence-corrected chi connectivity index (χ2v) is 14.7. The molecule has 0 fully saturated rings. The molecule has 0 radical (unpaired) electrons. The van der Waals surface area contributed by atoms with Crippen LogP contribution in [-0.2, 0) is 28.6 Å². The van der Waals surface area contributed by atoms with E-state index in [0.29, 0.717) is 12.8 Å². The van der Waals surface area contributed by atoms with E-state index in [4.69, 9.17) is 14.2 Å². The molecule has 0 N–H and O–H groups in total. The Bertz CT molecular complexity index is 1300. The average molecular weight is 815 g/mol. The minimum absolute atomic E-state index is 0.123. The van der Waals surface area contributed by atoms with E-state index in [-0.39, 0.29) is 31.6 Å². The molecule has 330 valence electrons. The van der Waals surface area contributed by atoms with Crippen molar-refractivity contribution in [2.75, 3.05) is 13.2 Å². The molecule has 6 heteroatoms. The Kier molecular flexibility index (Phi) is 43.2. The van der Waals surface area contributed by atoms with Gasteiger partial charge in [0, 0.05) is 12.8 Å². The van der Waals surface area contributed by atoms with Crippen LogP contribution in [0.5, 0.6) is 0 Å². The summed E-state index contributed by atoms with van der Waals surface area (Å²) in [6.45, 7) is 6.16. The van der Waals surface area contributed by atoms with Gasteiger partial charge in [0.2, 0.25) is 0 Å². The average Bonchev–Trinajstić information content (AvgIpc) is 3.23.